The highest BCUT2D eigenvalue weighted by molar-refractivity contribution is 5.67. The number of nitrogens with zero attached hydrogens (tertiary/aromatic N) is 3. The average Bonchev–Trinajstić information content (AvgIpc) is 2.93. The predicted molar refractivity (Wildman–Crippen MR) is 84.2 cm³/mol. The maximum Gasteiger partial charge on any atom is 0.152 e. The molecule has 0 radical (unpaired) electrons. The lowest BCUT2D eigenvalue weighted by molar-refractivity contribution is 0.191. The maximum absolute atomic E-state index is 10.3. The molecule has 2 aromatic heterocycles. The summed E-state index contributed by atoms with van der Waals surface area (Å²) < 4.78 is 6.88. The lowest BCUT2D eigenvalue weighted by Gasteiger charge is -2.13. The zero-order chi connectivity index (χ0) is 15.5. The highest BCUT2D eigenvalue weighted by Gasteiger charge is 2.10. The molecule has 0 fully saturated rings. The molecule has 0 saturated heterocycles. The molecule has 0 aliphatic rings. The number of hydrogen-bond acceptors (Lipinski definition) is 5. The van der Waals surface area contributed by atoms with E-state index in [0.717, 1.165) is 22.5 Å². The van der Waals surface area contributed by atoms with Gasteiger partial charge in [0.2, 0.25) is 0 Å². The number of aryl methyl sites for hydroxylation is 1. The minimum Gasteiger partial charge on any atom is -0.497 e. The standard InChI is InChI=1S/C16H18N4O2/c1-11-9-14-16(17-7-8-20(14)19-11)18-10-15(21)12-3-5-13(22-2)6-4-12/h3-9,15,21H,10H2,1-2H3,(H,17,18). The van der Waals surface area contributed by atoms with E-state index in [9.17, 15) is 5.11 Å². The number of benzene rings is 1. The van der Waals surface area contributed by atoms with Crippen LogP contribution in [0.2, 0.25) is 0 Å². The van der Waals surface area contributed by atoms with E-state index < -0.39 is 6.10 Å². The SMILES string of the molecule is COc1ccc(C(O)CNc2nccn3nc(C)cc23)cc1. The molecule has 2 N–H and O–H groups in total. The number of rotatable bonds is 5. The second kappa shape index (κ2) is 6.03. The summed E-state index contributed by atoms with van der Waals surface area (Å²) in [5, 5.41) is 17.8. The van der Waals surface area contributed by atoms with Crippen molar-refractivity contribution in [1.29, 1.82) is 0 Å². The van der Waals surface area contributed by atoms with Crippen LogP contribution in [-0.4, -0.2) is 33.4 Å². The Balaban J connectivity index is 1.72. The Morgan fingerprint density at radius 1 is 1.32 bits per heavy atom. The first-order valence-corrected chi connectivity index (χ1v) is 7.04. The van der Waals surface area contributed by atoms with Crippen LogP contribution in [0.25, 0.3) is 5.52 Å². The second-order valence-electron chi connectivity index (χ2n) is 5.06. The van der Waals surface area contributed by atoms with Gasteiger partial charge in [0, 0.05) is 18.9 Å². The fourth-order valence-corrected chi connectivity index (χ4v) is 2.32. The van der Waals surface area contributed by atoms with Gasteiger partial charge in [-0.05, 0) is 30.7 Å². The Morgan fingerprint density at radius 3 is 2.82 bits per heavy atom. The fourth-order valence-electron chi connectivity index (χ4n) is 2.32. The zero-order valence-electron chi connectivity index (χ0n) is 12.5. The Kier molecular flexibility index (Phi) is 3.93. The third-order valence-electron chi connectivity index (χ3n) is 3.48. The van der Waals surface area contributed by atoms with Crippen LogP contribution in [0.15, 0.2) is 42.7 Å². The van der Waals surface area contributed by atoms with Gasteiger partial charge < -0.3 is 15.2 Å². The second-order valence-corrected chi connectivity index (χ2v) is 5.06. The molecule has 6 heteroatoms. The number of anilines is 1. The van der Waals surface area contributed by atoms with Crippen molar-refractivity contribution in [2.75, 3.05) is 19.0 Å². The zero-order valence-corrected chi connectivity index (χ0v) is 12.5. The first-order valence-electron chi connectivity index (χ1n) is 7.04. The summed E-state index contributed by atoms with van der Waals surface area (Å²) in [6.45, 7) is 2.30. The Bertz CT molecular complexity index is 767. The largest absolute Gasteiger partial charge is 0.497 e. The summed E-state index contributed by atoms with van der Waals surface area (Å²) >= 11 is 0. The van der Waals surface area contributed by atoms with Gasteiger partial charge >= 0.3 is 0 Å². The maximum atomic E-state index is 10.3. The molecule has 0 saturated carbocycles. The molecule has 1 unspecified atom stereocenters. The van der Waals surface area contributed by atoms with Crippen LogP contribution in [0.5, 0.6) is 5.75 Å². The third-order valence-corrected chi connectivity index (χ3v) is 3.48. The smallest absolute Gasteiger partial charge is 0.152 e. The quantitative estimate of drug-likeness (QED) is 0.755. The molecule has 0 amide bonds. The van der Waals surface area contributed by atoms with Gasteiger partial charge in [-0.15, -0.1) is 0 Å². The first-order chi connectivity index (χ1) is 10.7. The van der Waals surface area contributed by atoms with Gasteiger partial charge in [0.15, 0.2) is 5.82 Å². The number of hydrogen-bond donors (Lipinski definition) is 2. The van der Waals surface area contributed by atoms with E-state index in [1.807, 2.05) is 37.3 Å². The van der Waals surface area contributed by atoms with Crippen LogP contribution in [0.1, 0.15) is 17.4 Å². The number of aromatic nitrogens is 3. The van der Waals surface area contributed by atoms with Gasteiger partial charge in [0.1, 0.15) is 11.3 Å². The summed E-state index contributed by atoms with van der Waals surface area (Å²) in [7, 11) is 1.62. The van der Waals surface area contributed by atoms with Crippen LogP contribution >= 0.6 is 0 Å². The molecule has 0 bridgehead atoms. The summed E-state index contributed by atoms with van der Waals surface area (Å²) in [6, 6.07) is 9.31. The molecule has 2 heterocycles. The van der Waals surface area contributed by atoms with Gasteiger partial charge in [-0.25, -0.2) is 9.50 Å². The van der Waals surface area contributed by atoms with Gasteiger partial charge in [-0.2, -0.15) is 5.10 Å². The molecular weight excluding hydrogens is 280 g/mol. The molecular formula is C16H18N4O2. The topological polar surface area (TPSA) is 71.7 Å². The average molecular weight is 298 g/mol. The summed E-state index contributed by atoms with van der Waals surface area (Å²) in [5.41, 5.74) is 2.64. The lowest BCUT2D eigenvalue weighted by atomic mass is 10.1. The van der Waals surface area contributed by atoms with Crippen molar-refractivity contribution in [1.82, 2.24) is 14.6 Å². The van der Waals surface area contributed by atoms with Gasteiger partial charge in [0.05, 0.1) is 18.9 Å². The van der Waals surface area contributed by atoms with Gasteiger partial charge in [-0.3, -0.25) is 0 Å². The first kappa shape index (κ1) is 14.3. The minimum atomic E-state index is -0.628. The predicted octanol–water partition coefficient (Wildman–Crippen LogP) is 2.19. The van der Waals surface area contributed by atoms with E-state index in [2.05, 4.69) is 15.4 Å². The van der Waals surface area contributed by atoms with E-state index in [-0.39, 0.29) is 0 Å². The van der Waals surface area contributed by atoms with Crippen molar-refractivity contribution in [3.05, 3.63) is 54.0 Å². The fraction of sp³-hybridized carbons (Fsp3) is 0.250. The molecule has 3 aromatic rings. The number of ether oxygens (including phenoxy) is 1. The van der Waals surface area contributed by atoms with Crippen molar-refractivity contribution in [3.63, 3.8) is 0 Å². The number of aliphatic hydroxyl groups excluding tert-OH is 1. The van der Waals surface area contributed by atoms with Crippen molar-refractivity contribution >= 4 is 11.3 Å². The van der Waals surface area contributed by atoms with E-state index in [1.54, 1.807) is 24.0 Å². The van der Waals surface area contributed by atoms with E-state index >= 15 is 0 Å². The Labute approximate surface area is 128 Å². The number of methoxy groups -OCH3 is 1. The van der Waals surface area contributed by atoms with Crippen LogP contribution in [0.3, 0.4) is 0 Å². The normalized spacial score (nSPS) is 12.3. The van der Waals surface area contributed by atoms with Crippen LogP contribution < -0.4 is 10.1 Å². The lowest BCUT2D eigenvalue weighted by Crippen LogP contribution is -2.13. The third kappa shape index (κ3) is 2.87. The van der Waals surface area contributed by atoms with Crippen molar-refractivity contribution in [2.24, 2.45) is 0 Å². The monoisotopic (exact) mass is 298 g/mol. The van der Waals surface area contributed by atoms with E-state index in [0.29, 0.717) is 12.4 Å². The highest BCUT2D eigenvalue weighted by Crippen LogP contribution is 2.19. The van der Waals surface area contributed by atoms with Crippen LogP contribution in [-0.2, 0) is 0 Å². The van der Waals surface area contributed by atoms with Crippen molar-refractivity contribution < 1.29 is 9.84 Å². The van der Waals surface area contributed by atoms with Crippen molar-refractivity contribution in [3.8, 4) is 5.75 Å². The number of aliphatic hydroxyl groups is 1. The molecule has 0 spiro atoms. The number of fused-ring (bicyclic) bond motifs is 1. The van der Waals surface area contributed by atoms with Gasteiger partial charge in [-0.1, -0.05) is 12.1 Å². The molecule has 1 atom stereocenters. The van der Waals surface area contributed by atoms with E-state index in [4.69, 9.17) is 4.74 Å². The molecule has 1 aromatic carbocycles. The molecule has 22 heavy (non-hydrogen) atoms. The molecule has 0 aliphatic heterocycles. The minimum absolute atomic E-state index is 0.364. The Morgan fingerprint density at radius 2 is 2.09 bits per heavy atom. The van der Waals surface area contributed by atoms with Crippen LogP contribution in [0, 0.1) is 6.92 Å². The highest BCUT2D eigenvalue weighted by atomic mass is 16.5. The Hall–Kier alpha value is -2.60. The number of nitrogens with one attached hydrogen (secondary N) is 1. The molecule has 0 aliphatic carbocycles. The summed E-state index contributed by atoms with van der Waals surface area (Å²) in [6.07, 6.45) is 2.85. The molecule has 114 valence electrons. The molecule has 6 nitrogen and oxygen atoms in total. The van der Waals surface area contributed by atoms with Crippen molar-refractivity contribution in [2.45, 2.75) is 13.0 Å². The summed E-state index contributed by atoms with van der Waals surface area (Å²) in [5.74, 6) is 1.47. The van der Waals surface area contributed by atoms with Gasteiger partial charge in [0.25, 0.3) is 0 Å². The molecule has 3 rings (SSSR count). The van der Waals surface area contributed by atoms with E-state index in [1.165, 1.54) is 0 Å². The van der Waals surface area contributed by atoms with Crippen LogP contribution in [0.4, 0.5) is 5.82 Å². The summed E-state index contributed by atoms with van der Waals surface area (Å²) in [4.78, 5) is 4.31.